The van der Waals surface area contributed by atoms with Crippen molar-refractivity contribution in [2.24, 2.45) is 0 Å². The third kappa shape index (κ3) is 3.96. The normalized spacial score (nSPS) is 15.1. The molecule has 2 rings (SSSR count). The van der Waals surface area contributed by atoms with Crippen molar-refractivity contribution in [3.63, 3.8) is 0 Å². The lowest BCUT2D eigenvalue weighted by atomic mass is 10.1. The Morgan fingerprint density at radius 1 is 1.33 bits per heavy atom. The maximum atomic E-state index is 12.2. The van der Waals surface area contributed by atoms with Gasteiger partial charge in [-0.1, -0.05) is 25.1 Å². The van der Waals surface area contributed by atoms with E-state index < -0.39 is 15.1 Å². The number of carbonyl (C=O) groups excluding carboxylic acids is 2. The molecule has 0 saturated carbocycles. The van der Waals surface area contributed by atoms with E-state index >= 15 is 0 Å². The molecule has 1 aliphatic heterocycles. The Balaban J connectivity index is 1.97. The first-order valence-electron chi connectivity index (χ1n) is 7.56. The van der Waals surface area contributed by atoms with E-state index in [-0.39, 0.29) is 17.3 Å². The van der Waals surface area contributed by atoms with Crippen LogP contribution in [0.5, 0.6) is 0 Å². The van der Waals surface area contributed by atoms with Crippen LogP contribution in [-0.2, 0) is 20.3 Å². The molecule has 0 atom stereocenters. The fraction of sp³-hybridized carbons (Fsp3) is 0.375. The summed E-state index contributed by atoms with van der Waals surface area (Å²) in [5.41, 5.74) is 2.09. The number of nitrogens with zero attached hydrogens (tertiary/aromatic N) is 1. The highest BCUT2D eigenvalue weighted by atomic mass is 35.7. The number of urea groups is 1. The van der Waals surface area contributed by atoms with Crippen LogP contribution >= 0.6 is 10.7 Å². The molecule has 0 bridgehead atoms. The number of carbonyl (C=O) groups is 2. The minimum atomic E-state index is -3.84. The molecule has 1 N–H and O–H groups in total. The minimum Gasteiger partial charge on any atom is -0.337 e. The maximum absolute atomic E-state index is 12.2. The van der Waals surface area contributed by atoms with Crippen molar-refractivity contribution in [3.8, 4) is 0 Å². The first-order valence-corrected chi connectivity index (χ1v) is 9.87. The Morgan fingerprint density at radius 3 is 2.58 bits per heavy atom. The lowest BCUT2D eigenvalue weighted by Crippen LogP contribution is -2.42. The van der Waals surface area contributed by atoms with E-state index in [0.717, 1.165) is 5.57 Å². The number of nitrogens with one attached hydrogen (secondary N) is 1. The monoisotopic (exact) mass is 370 g/mol. The number of benzene rings is 1. The molecular weight excluding hydrogens is 352 g/mol. The highest BCUT2D eigenvalue weighted by Gasteiger charge is 2.31. The number of imide groups is 1. The Hall–Kier alpha value is -1.86. The van der Waals surface area contributed by atoms with Gasteiger partial charge in [0.15, 0.2) is 0 Å². The average molecular weight is 371 g/mol. The van der Waals surface area contributed by atoms with Gasteiger partial charge in [0.25, 0.3) is 15.0 Å². The van der Waals surface area contributed by atoms with Gasteiger partial charge in [0.05, 0.1) is 11.4 Å². The van der Waals surface area contributed by atoms with Gasteiger partial charge >= 0.3 is 6.03 Å². The van der Waals surface area contributed by atoms with Crippen LogP contribution in [0, 0.1) is 0 Å². The number of halogens is 1. The van der Waals surface area contributed by atoms with Gasteiger partial charge < -0.3 is 5.32 Å². The fourth-order valence-corrected chi connectivity index (χ4v) is 3.89. The Kier molecular flexibility index (Phi) is 5.66. The van der Waals surface area contributed by atoms with Crippen molar-refractivity contribution >= 4 is 31.7 Å². The van der Waals surface area contributed by atoms with Crippen molar-refractivity contribution in [2.75, 3.05) is 13.1 Å². The van der Waals surface area contributed by atoms with Gasteiger partial charge in [-0.05, 0) is 37.0 Å². The van der Waals surface area contributed by atoms with E-state index in [4.69, 9.17) is 10.7 Å². The summed E-state index contributed by atoms with van der Waals surface area (Å²) in [6.07, 6.45) is 0.887. The fourth-order valence-electron chi connectivity index (χ4n) is 2.71. The zero-order valence-corrected chi connectivity index (χ0v) is 15.1. The molecule has 0 aliphatic carbocycles. The molecule has 8 heteroatoms. The molecule has 0 spiro atoms. The first kappa shape index (κ1) is 18.5. The molecule has 3 amide bonds. The van der Waals surface area contributed by atoms with E-state index in [1.165, 1.54) is 11.0 Å². The molecule has 0 aromatic heterocycles. The topological polar surface area (TPSA) is 83.6 Å². The predicted molar refractivity (Wildman–Crippen MR) is 91.3 cm³/mol. The van der Waals surface area contributed by atoms with Crippen LogP contribution in [0.2, 0.25) is 0 Å². The zero-order chi connectivity index (χ0) is 17.9. The van der Waals surface area contributed by atoms with Crippen molar-refractivity contribution in [1.29, 1.82) is 0 Å². The van der Waals surface area contributed by atoms with Crippen LogP contribution in [-0.4, -0.2) is 38.3 Å². The number of hydrogen-bond acceptors (Lipinski definition) is 4. The van der Waals surface area contributed by atoms with Crippen molar-refractivity contribution in [3.05, 3.63) is 41.0 Å². The average Bonchev–Trinajstić information content (AvgIpc) is 2.81. The van der Waals surface area contributed by atoms with E-state index in [2.05, 4.69) is 5.32 Å². The second kappa shape index (κ2) is 7.36. The molecule has 0 fully saturated rings. The summed E-state index contributed by atoms with van der Waals surface area (Å²) in [4.78, 5) is 25.5. The summed E-state index contributed by atoms with van der Waals surface area (Å²) >= 11 is 0. The van der Waals surface area contributed by atoms with E-state index in [1.54, 1.807) is 18.2 Å². The van der Waals surface area contributed by atoms with Crippen LogP contribution < -0.4 is 5.32 Å². The molecule has 0 radical (unpaired) electrons. The Bertz CT molecular complexity index is 802. The van der Waals surface area contributed by atoms with Gasteiger partial charge in [-0.15, -0.1) is 0 Å². The van der Waals surface area contributed by atoms with Crippen LogP contribution in [0.4, 0.5) is 4.79 Å². The largest absolute Gasteiger partial charge is 0.337 e. The maximum Gasteiger partial charge on any atom is 0.324 e. The van der Waals surface area contributed by atoms with Crippen LogP contribution in [0.25, 0.3) is 0 Å². The summed E-state index contributed by atoms with van der Waals surface area (Å²) in [5.74, 6) is -0.267. The molecule has 1 aromatic carbocycles. The van der Waals surface area contributed by atoms with Gasteiger partial charge in [0, 0.05) is 22.8 Å². The van der Waals surface area contributed by atoms with Crippen molar-refractivity contribution in [1.82, 2.24) is 10.2 Å². The quantitative estimate of drug-likeness (QED) is 0.807. The van der Waals surface area contributed by atoms with Crippen molar-refractivity contribution < 1.29 is 18.0 Å². The molecule has 6 nitrogen and oxygen atoms in total. The van der Waals surface area contributed by atoms with E-state index in [9.17, 15) is 18.0 Å². The van der Waals surface area contributed by atoms with E-state index in [1.807, 2.05) is 13.8 Å². The highest BCUT2D eigenvalue weighted by Crippen LogP contribution is 2.22. The Morgan fingerprint density at radius 2 is 2.00 bits per heavy atom. The molecule has 0 unspecified atom stereocenters. The van der Waals surface area contributed by atoms with Crippen LogP contribution in [0.1, 0.15) is 25.8 Å². The number of rotatable bonds is 5. The number of hydrogen-bond donors (Lipinski definition) is 1. The second-order valence-electron chi connectivity index (χ2n) is 5.53. The third-order valence-corrected chi connectivity index (χ3v) is 5.34. The predicted octanol–water partition coefficient (Wildman–Crippen LogP) is 2.43. The van der Waals surface area contributed by atoms with Gasteiger partial charge in [0.1, 0.15) is 0 Å². The van der Waals surface area contributed by atoms with Crippen LogP contribution in [0.3, 0.4) is 0 Å². The van der Waals surface area contributed by atoms with Crippen LogP contribution in [0.15, 0.2) is 40.3 Å². The molecule has 130 valence electrons. The summed E-state index contributed by atoms with van der Waals surface area (Å²) in [5, 5.41) is 2.65. The Labute approximate surface area is 145 Å². The summed E-state index contributed by atoms with van der Waals surface area (Å²) in [6, 6.07) is 5.87. The van der Waals surface area contributed by atoms with Gasteiger partial charge in [-0.2, -0.15) is 0 Å². The lowest BCUT2D eigenvalue weighted by Gasteiger charge is -2.16. The number of amides is 3. The molecule has 1 aromatic rings. The lowest BCUT2D eigenvalue weighted by molar-refractivity contribution is -0.123. The molecule has 1 aliphatic rings. The molecular formula is C16H19ClN2O4S. The summed E-state index contributed by atoms with van der Waals surface area (Å²) in [6.45, 7) is 4.21. The van der Waals surface area contributed by atoms with Gasteiger partial charge in [-0.3, -0.25) is 9.69 Å². The van der Waals surface area contributed by atoms with Gasteiger partial charge in [0.2, 0.25) is 0 Å². The SMILES string of the molecule is CCC1=C(C)CN(C(=O)NCCc2ccccc2S(=O)(=O)Cl)C1=O. The van der Waals surface area contributed by atoms with Crippen molar-refractivity contribution in [2.45, 2.75) is 31.6 Å². The smallest absolute Gasteiger partial charge is 0.324 e. The molecule has 24 heavy (non-hydrogen) atoms. The van der Waals surface area contributed by atoms with E-state index in [0.29, 0.717) is 30.5 Å². The zero-order valence-electron chi connectivity index (χ0n) is 13.5. The minimum absolute atomic E-state index is 0.0314. The second-order valence-corrected chi connectivity index (χ2v) is 8.07. The highest BCUT2D eigenvalue weighted by molar-refractivity contribution is 8.13. The first-order chi connectivity index (χ1) is 11.3. The standard InChI is InChI=1S/C16H19ClN2O4S/c1-3-13-11(2)10-19(15(13)20)16(21)18-9-8-12-6-4-5-7-14(12)24(17,22)23/h4-7H,3,8-10H2,1-2H3,(H,18,21). The summed E-state index contributed by atoms with van der Waals surface area (Å²) < 4.78 is 23.1. The molecule has 0 saturated heterocycles. The summed E-state index contributed by atoms with van der Waals surface area (Å²) in [7, 11) is 1.56. The third-order valence-electron chi connectivity index (χ3n) is 3.92. The molecule has 1 heterocycles. The van der Waals surface area contributed by atoms with Gasteiger partial charge in [-0.25, -0.2) is 13.2 Å².